The van der Waals surface area contributed by atoms with Crippen LogP contribution in [-0.4, -0.2) is 41.0 Å². The highest BCUT2D eigenvalue weighted by Crippen LogP contribution is 2.46. The van der Waals surface area contributed by atoms with Crippen LogP contribution in [0.1, 0.15) is 32.6 Å². The minimum atomic E-state index is -2.60. The van der Waals surface area contributed by atoms with Gasteiger partial charge in [-0.2, -0.15) is 0 Å². The van der Waals surface area contributed by atoms with Crippen LogP contribution in [0.3, 0.4) is 0 Å². The van der Waals surface area contributed by atoms with E-state index in [9.17, 15) is 13.6 Å². The molecule has 2 aliphatic rings. The van der Waals surface area contributed by atoms with E-state index in [0.29, 0.717) is 19.4 Å². The zero-order valence-electron chi connectivity index (χ0n) is 10.0. The molecule has 2 rings (SSSR count). The molecule has 0 unspecified atom stereocenters. The van der Waals surface area contributed by atoms with E-state index in [4.69, 9.17) is 5.11 Å². The molecule has 2 fully saturated rings. The third-order valence-electron chi connectivity index (χ3n) is 4.21. The van der Waals surface area contributed by atoms with Crippen LogP contribution in [0.15, 0.2) is 0 Å². The van der Waals surface area contributed by atoms with Gasteiger partial charge in [-0.05, 0) is 25.2 Å². The minimum Gasteiger partial charge on any atom is -0.480 e. The lowest BCUT2D eigenvalue weighted by molar-refractivity contribution is -0.143. The van der Waals surface area contributed by atoms with Crippen molar-refractivity contribution in [3.63, 3.8) is 0 Å². The fourth-order valence-electron chi connectivity index (χ4n) is 3.30. The van der Waals surface area contributed by atoms with E-state index >= 15 is 0 Å². The largest absolute Gasteiger partial charge is 0.480 e. The molecule has 0 amide bonds. The molecule has 1 aliphatic heterocycles. The summed E-state index contributed by atoms with van der Waals surface area (Å²) >= 11 is 0. The van der Waals surface area contributed by atoms with Crippen molar-refractivity contribution in [2.24, 2.45) is 11.8 Å². The number of rotatable bonds is 3. The Bertz CT molecular complexity index is 309. The molecule has 0 aromatic heterocycles. The number of carboxylic acid groups (broad SMARTS) is 1. The van der Waals surface area contributed by atoms with Crippen LogP contribution in [0.4, 0.5) is 8.78 Å². The van der Waals surface area contributed by atoms with Crippen LogP contribution in [0, 0.1) is 11.8 Å². The van der Waals surface area contributed by atoms with E-state index in [0.717, 1.165) is 6.42 Å². The van der Waals surface area contributed by atoms with Gasteiger partial charge in [-0.3, -0.25) is 9.69 Å². The molecule has 1 N–H and O–H groups in total. The Morgan fingerprint density at radius 1 is 1.53 bits per heavy atom. The maximum atomic E-state index is 13.7. The van der Waals surface area contributed by atoms with Crippen molar-refractivity contribution in [3.05, 3.63) is 0 Å². The molecule has 0 aromatic rings. The number of alkyl halides is 2. The molecule has 17 heavy (non-hydrogen) atoms. The van der Waals surface area contributed by atoms with Crippen molar-refractivity contribution in [2.45, 2.75) is 44.6 Å². The summed E-state index contributed by atoms with van der Waals surface area (Å²) < 4.78 is 27.5. The molecule has 0 bridgehead atoms. The topological polar surface area (TPSA) is 40.5 Å². The third-order valence-corrected chi connectivity index (χ3v) is 4.21. The maximum absolute atomic E-state index is 13.7. The van der Waals surface area contributed by atoms with E-state index < -0.39 is 23.9 Å². The Kier molecular flexibility index (Phi) is 3.39. The van der Waals surface area contributed by atoms with Crippen molar-refractivity contribution >= 4 is 5.97 Å². The lowest BCUT2D eigenvalue weighted by Gasteiger charge is -2.32. The molecule has 3 nitrogen and oxygen atoms in total. The maximum Gasteiger partial charge on any atom is 0.320 e. The van der Waals surface area contributed by atoms with Crippen LogP contribution in [0.5, 0.6) is 0 Å². The van der Waals surface area contributed by atoms with Crippen molar-refractivity contribution in [2.75, 3.05) is 13.1 Å². The molecule has 3 atom stereocenters. The number of hydrogen-bond donors (Lipinski definition) is 1. The normalized spacial score (nSPS) is 34.3. The highest BCUT2D eigenvalue weighted by Gasteiger charge is 2.52. The predicted molar refractivity (Wildman–Crippen MR) is 59.1 cm³/mol. The SMILES string of the molecule is CC[C@H](C(=O)O)N1C[C@@H]2CCCC(F)(F)[C@@H]2C1. The summed E-state index contributed by atoms with van der Waals surface area (Å²) in [6, 6.07) is -0.601. The number of carbonyl (C=O) groups is 1. The van der Waals surface area contributed by atoms with Gasteiger partial charge in [0.05, 0.1) is 0 Å². The number of aliphatic carboxylic acids is 1. The zero-order chi connectivity index (χ0) is 12.6. The first kappa shape index (κ1) is 12.7. The van der Waals surface area contributed by atoms with Gasteiger partial charge in [0.2, 0.25) is 0 Å². The molecule has 98 valence electrons. The lowest BCUT2D eigenvalue weighted by atomic mass is 9.79. The first-order valence-corrected chi connectivity index (χ1v) is 6.30. The Balaban J connectivity index is 2.09. The number of hydrogen-bond acceptors (Lipinski definition) is 2. The summed E-state index contributed by atoms with van der Waals surface area (Å²) in [4.78, 5) is 12.8. The van der Waals surface area contributed by atoms with Crippen LogP contribution in [0.25, 0.3) is 0 Å². The second-order valence-corrected chi connectivity index (χ2v) is 5.24. The van der Waals surface area contributed by atoms with Crippen LogP contribution >= 0.6 is 0 Å². The van der Waals surface area contributed by atoms with Gasteiger partial charge in [0.1, 0.15) is 6.04 Å². The molecule has 5 heteroatoms. The Labute approximate surface area is 99.8 Å². The van der Waals surface area contributed by atoms with Crippen molar-refractivity contribution in [3.8, 4) is 0 Å². The van der Waals surface area contributed by atoms with E-state index in [1.165, 1.54) is 0 Å². The molecular weight excluding hydrogens is 228 g/mol. The van der Waals surface area contributed by atoms with E-state index in [1.54, 1.807) is 11.8 Å². The Morgan fingerprint density at radius 3 is 2.76 bits per heavy atom. The summed E-state index contributed by atoms with van der Waals surface area (Å²) in [5.41, 5.74) is 0. The van der Waals surface area contributed by atoms with Gasteiger partial charge in [0.15, 0.2) is 0 Å². The minimum absolute atomic E-state index is 0.0212. The van der Waals surface area contributed by atoms with Crippen molar-refractivity contribution in [1.82, 2.24) is 4.90 Å². The zero-order valence-corrected chi connectivity index (χ0v) is 10.0. The smallest absolute Gasteiger partial charge is 0.320 e. The summed E-state index contributed by atoms with van der Waals surface area (Å²) in [5, 5.41) is 9.07. The predicted octanol–water partition coefficient (Wildman–Crippen LogP) is 2.22. The fourth-order valence-corrected chi connectivity index (χ4v) is 3.30. The van der Waals surface area contributed by atoms with Crippen molar-refractivity contribution in [1.29, 1.82) is 0 Å². The Hall–Kier alpha value is -0.710. The first-order chi connectivity index (χ1) is 7.95. The molecule has 1 heterocycles. The molecular formula is C12H19F2NO2. The number of nitrogens with zero attached hydrogens (tertiary/aromatic N) is 1. The Morgan fingerprint density at radius 2 is 2.24 bits per heavy atom. The van der Waals surface area contributed by atoms with Crippen LogP contribution in [0.2, 0.25) is 0 Å². The summed E-state index contributed by atoms with van der Waals surface area (Å²) in [6.07, 6.45) is 1.81. The summed E-state index contributed by atoms with van der Waals surface area (Å²) in [6.45, 7) is 2.55. The molecule has 1 saturated heterocycles. The monoisotopic (exact) mass is 247 g/mol. The van der Waals surface area contributed by atoms with Gasteiger partial charge in [0, 0.05) is 25.4 Å². The van der Waals surface area contributed by atoms with Gasteiger partial charge >= 0.3 is 5.97 Å². The van der Waals surface area contributed by atoms with E-state index in [2.05, 4.69) is 0 Å². The number of likely N-dealkylation sites (tertiary alicyclic amines) is 1. The molecule has 0 aromatic carbocycles. The highest BCUT2D eigenvalue weighted by atomic mass is 19.3. The summed E-state index contributed by atoms with van der Waals surface area (Å²) in [7, 11) is 0. The standard InChI is InChI=1S/C12H19F2NO2/c1-2-10(11(16)17)15-6-8-4-3-5-12(13,14)9(8)7-15/h8-10H,2-7H2,1H3,(H,16,17)/t8-,9+,10+/m0/s1. The molecule has 0 spiro atoms. The van der Waals surface area contributed by atoms with Gasteiger partial charge < -0.3 is 5.11 Å². The lowest BCUT2D eigenvalue weighted by Crippen LogP contribution is -2.41. The first-order valence-electron chi connectivity index (χ1n) is 6.30. The van der Waals surface area contributed by atoms with Gasteiger partial charge in [-0.1, -0.05) is 6.92 Å². The highest BCUT2D eigenvalue weighted by molar-refractivity contribution is 5.73. The number of fused-ring (bicyclic) bond motifs is 1. The molecule has 1 saturated carbocycles. The molecule has 0 radical (unpaired) electrons. The van der Waals surface area contributed by atoms with Crippen LogP contribution in [-0.2, 0) is 4.79 Å². The molecule has 1 aliphatic carbocycles. The van der Waals surface area contributed by atoms with E-state index in [1.807, 2.05) is 0 Å². The summed E-state index contributed by atoms with van der Waals surface area (Å²) in [5.74, 6) is -4.15. The van der Waals surface area contributed by atoms with Crippen molar-refractivity contribution < 1.29 is 18.7 Å². The number of halogens is 2. The van der Waals surface area contributed by atoms with Gasteiger partial charge in [-0.25, -0.2) is 8.78 Å². The average Bonchev–Trinajstić information content (AvgIpc) is 2.63. The third kappa shape index (κ3) is 2.30. The number of carboxylic acids is 1. The van der Waals surface area contributed by atoms with E-state index in [-0.39, 0.29) is 18.9 Å². The van der Waals surface area contributed by atoms with Gasteiger partial charge in [-0.15, -0.1) is 0 Å². The second kappa shape index (κ2) is 4.52. The fraction of sp³-hybridized carbons (Fsp3) is 0.917. The van der Waals surface area contributed by atoms with Crippen LogP contribution < -0.4 is 0 Å². The quantitative estimate of drug-likeness (QED) is 0.831. The average molecular weight is 247 g/mol. The second-order valence-electron chi connectivity index (χ2n) is 5.24. The van der Waals surface area contributed by atoms with Gasteiger partial charge in [0.25, 0.3) is 5.92 Å².